The molecule has 208 valence electrons. The van der Waals surface area contributed by atoms with Crippen LogP contribution in [0.3, 0.4) is 0 Å². The number of hydrogen-bond acceptors (Lipinski definition) is 6. The fourth-order valence-electron chi connectivity index (χ4n) is 4.39. The number of anilines is 1. The van der Waals surface area contributed by atoms with E-state index in [1.165, 1.54) is 34.8 Å². The molecular formula is C30H52N6O. The van der Waals surface area contributed by atoms with Crippen molar-refractivity contribution in [2.75, 3.05) is 31.1 Å². The lowest BCUT2D eigenvalue weighted by Gasteiger charge is -2.31. The maximum atomic E-state index is 10.0. The summed E-state index contributed by atoms with van der Waals surface area (Å²) in [5, 5.41) is 11.2. The molecule has 2 aliphatic heterocycles. The summed E-state index contributed by atoms with van der Waals surface area (Å²) in [5.74, 6) is 0.289. The molecule has 1 fully saturated rings. The molecule has 1 unspecified atom stereocenters. The number of carbonyl (C=O) groups is 1. The van der Waals surface area contributed by atoms with Crippen molar-refractivity contribution in [1.82, 2.24) is 25.4 Å². The lowest BCUT2D eigenvalue weighted by molar-refractivity contribution is -0.117. The zero-order valence-electron chi connectivity index (χ0n) is 24.9. The Morgan fingerprint density at radius 3 is 2.32 bits per heavy atom. The average Bonchev–Trinajstić information content (AvgIpc) is 3.31. The van der Waals surface area contributed by atoms with Crippen LogP contribution in [-0.4, -0.2) is 46.7 Å². The van der Waals surface area contributed by atoms with E-state index in [9.17, 15) is 4.79 Å². The van der Waals surface area contributed by atoms with Crippen LogP contribution in [0, 0.1) is 6.92 Å². The van der Waals surface area contributed by atoms with Gasteiger partial charge in [0.05, 0.1) is 17.4 Å². The summed E-state index contributed by atoms with van der Waals surface area (Å²) >= 11 is 0. The third-order valence-corrected chi connectivity index (χ3v) is 6.19. The van der Waals surface area contributed by atoms with Crippen molar-refractivity contribution in [3.63, 3.8) is 0 Å². The molecule has 0 saturated carbocycles. The number of aryl methyl sites for hydroxylation is 2. The predicted octanol–water partition coefficient (Wildman–Crippen LogP) is 6.08. The lowest BCUT2D eigenvalue weighted by Crippen LogP contribution is -2.44. The molecule has 0 spiro atoms. The van der Waals surface area contributed by atoms with Crippen LogP contribution in [-0.2, 0) is 17.6 Å². The van der Waals surface area contributed by atoms with Crippen LogP contribution >= 0.6 is 0 Å². The highest BCUT2D eigenvalue weighted by Crippen LogP contribution is 2.24. The van der Waals surface area contributed by atoms with Crippen LogP contribution in [0.5, 0.6) is 0 Å². The molecule has 7 heteroatoms. The summed E-state index contributed by atoms with van der Waals surface area (Å²) in [6.45, 7) is 22.7. The van der Waals surface area contributed by atoms with Gasteiger partial charge in [-0.1, -0.05) is 41.0 Å². The third kappa shape index (κ3) is 10.7. The highest BCUT2D eigenvalue weighted by atomic mass is 16.1. The Labute approximate surface area is 226 Å². The van der Waals surface area contributed by atoms with Gasteiger partial charge in [-0.05, 0) is 64.7 Å². The van der Waals surface area contributed by atoms with Gasteiger partial charge in [0.2, 0.25) is 0 Å². The van der Waals surface area contributed by atoms with Crippen LogP contribution in [0.1, 0.15) is 103 Å². The van der Waals surface area contributed by atoms with E-state index in [2.05, 4.69) is 72.4 Å². The second kappa shape index (κ2) is 17.7. The fraction of sp³-hybridized carbons (Fsp3) is 0.633. The van der Waals surface area contributed by atoms with Gasteiger partial charge in [-0.3, -0.25) is 4.98 Å². The number of hydrogen-bond donors (Lipinski definition) is 2. The van der Waals surface area contributed by atoms with Crippen LogP contribution in [0.2, 0.25) is 0 Å². The van der Waals surface area contributed by atoms with E-state index in [0.717, 1.165) is 57.6 Å². The summed E-state index contributed by atoms with van der Waals surface area (Å²) in [6.07, 6.45) is 9.01. The molecule has 1 saturated heterocycles. The van der Waals surface area contributed by atoms with Gasteiger partial charge in [0.1, 0.15) is 5.78 Å². The molecule has 0 radical (unpaired) electrons. The van der Waals surface area contributed by atoms with Gasteiger partial charge in [0.25, 0.3) is 0 Å². The number of carbonyl (C=O) groups excluding carboxylic acids is 1. The van der Waals surface area contributed by atoms with E-state index in [1.54, 1.807) is 6.92 Å². The molecule has 0 bridgehead atoms. The standard InChI is InChI=1S/C13H21N3.C10H15N3.C5H10O.C2H6/c1-3-4-12-11(2)15-6-5-13(12)16-9-7-14-8-10-16;1-4-9-5-10-8(3)11-7(2)6-13(10)12-9;1-3-4-5(2)6;1-2/h5-6,14H,3-4,7-10H2,1-2H3;5-6,8,11H,4H2,1-3H3;3-4H2,1-2H3;1-2H3. The van der Waals surface area contributed by atoms with Crippen molar-refractivity contribution in [2.24, 2.45) is 0 Å². The first-order valence-corrected chi connectivity index (χ1v) is 14.2. The summed E-state index contributed by atoms with van der Waals surface area (Å²) in [7, 11) is 0. The summed E-state index contributed by atoms with van der Waals surface area (Å²) < 4.78 is 1.98. The minimum atomic E-state index is 0.289. The Morgan fingerprint density at radius 2 is 1.78 bits per heavy atom. The molecule has 2 aliphatic rings. The lowest BCUT2D eigenvalue weighted by atomic mass is 10.1. The normalized spacial score (nSPS) is 15.9. The largest absolute Gasteiger partial charge is 0.379 e. The van der Waals surface area contributed by atoms with Crippen LogP contribution in [0.25, 0.3) is 6.20 Å². The second-order valence-corrected chi connectivity index (χ2v) is 9.37. The van der Waals surface area contributed by atoms with Crippen molar-refractivity contribution < 1.29 is 4.79 Å². The molecule has 0 aromatic carbocycles. The van der Waals surface area contributed by atoms with Gasteiger partial charge < -0.3 is 20.3 Å². The van der Waals surface area contributed by atoms with Gasteiger partial charge in [-0.2, -0.15) is 5.10 Å². The first-order valence-electron chi connectivity index (χ1n) is 14.2. The number of nitrogens with one attached hydrogen (secondary N) is 2. The molecule has 2 aromatic heterocycles. The Balaban J connectivity index is 0.000000293. The van der Waals surface area contributed by atoms with Crippen molar-refractivity contribution in [3.05, 3.63) is 46.7 Å². The second-order valence-electron chi connectivity index (χ2n) is 9.37. The van der Waals surface area contributed by atoms with E-state index in [0.29, 0.717) is 6.04 Å². The number of pyridine rings is 1. The average molecular weight is 513 g/mol. The number of fused-ring (bicyclic) bond motifs is 1. The topological polar surface area (TPSA) is 75.1 Å². The molecule has 4 heterocycles. The van der Waals surface area contributed by atoms with E-state index < -0.39 is 0 Å². The molecule has 7 nitrogen and oxygen atoms in total. The van der Waals surface area contributed by atoms with E-state index in [-0.39, 0.29) is 5.78 Å². The zero-order valence-corrected chi connectivity index (χ0v) is 24.9. The number of piperazine rings is 1. The summed E-state index contributed by atoms with van der Waals surface area (Å²) in [5.41, 5.74) is 7.61. The molecular weight excluding hydrogens is 460 g/mol. The maximum absolute atomic E-state index is 10.0. The number of Topliss-reactive ketones (excluding diaryl/α,β-unsaturated/α-hetero) is 1. The van der Waals surface area contributed by atoms with Crippen LogP contribution in [0.15, 0.2) is 24.0 Å². The predicted molar refractivity (Wildman–Crippen MR) is 158 cm³/mol. The molecule has 2 N–H and O–H groups in total. The number of ketones is 1. The highest BCUT2D eigenvalue weighted by Gasteiger charge is 2.17. The quantitative estimate of drug-likeness (QED) is 0.488. The first kappa shape index (κ1) is 32.4. The monoisotopic (exact) mass is 512 g/mol. The van der Waals surface area contributed by atoms with Crippen molar-refractivity contribution in [2.45, 2.75) is 100 Å². The zero-order chi connectivity index (χ0) is 27.8. The molecule has 4 rings (SSSR count). The highest BCUT2D eigenvalue weighted by molar-refractivity contribution is 5.75. The number of aromatic nitrogens is 3. The molecule has 1 atom stereocenters. The summed E-state index contributed by atoms with van der Waals surface area (Å²) in [4.78, 5) is 16.9. The Kier molecular flexibility index (Phi) is 15.5. The molecule has 0 aliphatic carbocycles. The van der Waals surface area contributed by atoms with Crippen LogP contribution < -0.4 is 15.5 Å². The number of rotatable bonds is 6. The van der Waals surface area contributed by atoms with E-state index in [4.69, 9.17) is 0 Å². The van der Waals surface area contributed by atoms with Gasteiger partial charge in [-0.15, -0.1) is 0 Å². The smallest absolute Gasteiger partial charge is 0.129 e. The van der Waals surface area contributed by atoms with E-state index >= 15 is 0 Å². The number of allylic oxidation sites excluding steroid dienone is 1. The van der Waals surface area contributed by atoms with Gasteiger partial charge in [-0.25, -0.2) is 4.68 Å². The minimum Gasteiger partial charge on any atom is -0.379 e. The molecule has 0 amide bonds. The number of nitrogens with zero attached hydrogens (tertiary/aromatic N) is 4. The van der Waals surface area contributed by atoms with Gasteiger partial charge >= 0.3 is 0 Å². The van der Waals surface area contributed by atoms with Gasteiger partial charge in [0, 0.05) is 62.1 Å². The van der Waals surface area contributed by atoms with Gasteiger partial charge in [0.15, 0.2) is 0 Å². The van der Waals surface area contributed by atoms with Crippen LogP contribution in [0.4, 0.5) is 5.69 Å². The minimum absolute atomic E-state index is 0.289. The van der Waals surface area contributed by atoms with Crippen molar-refractivity contribution in [1.29, 1.82) is 0 Å². The Hall–Kier alpha value is -2.67. The third-order valence-electron chi connectivity index (χ3n) is 6.19. The Bertz CT molecular complexity index is 959. The summed E-state index contributed by atoms with van der Waals surface area (Å²) in [6, 6.07) is 4.71. The first-order chi connectivity index (χ1) is 17.8. The van der Waals surface area contributed by atoms with Crippen molar-refractivity contribution >= 4 is 17.7 Å². The Morgan fingerprint density at radius 1 is 1.11 bits per heavy atom. The van der Waals surface area contributed by atoms with Crippen molar-refractivity contribution in [3.8, 4) is 0 Å². The fourth-order valence-corrected chi connectivity index (χ4v) is 4.39. The van der Waals surface area contributed by atoms with E-state index in [1.807, 2.05) is 37.8 Å². The molecule has 2 aromatic rings. The maximum Gasteiger partial charge on any atom is 0.129 e. The SMILES string of the molecule is CC.CCCC(C)=O.CCCc1c(N2CCNCC2)ccnc1C.CCc1cc2n(n1)C=C(C)NC2C. The molecule has 37 heavy (non-hydrogen) atoms.